The van der Waals surface area contributed by atoms with Gasteiger partial charge in [-0.25, -0.2) is 0 Å². The van der Waals surface area contributed by atoms with Crippen molar-refractivity contribution >= 4 is 0 Å². The Hall–Kier alpha value is -1.96. The van der Waals surface area contributed by atoms with Crippen LogP contribution in [0.1, 0.15) is 31.3 Å². The topological polar surface area (TPSA) is 55.6 Å². The van der Waals surface area contributed by atoms with Gasteiger partial charge in [-0.2, -0.15) is 17.9 Å². The minimum absolute atomic E-state index is 0.0997. The zero-order valence-electron chi connectivity index (χ0n) is 11.0. The Morgan fingerprint density at radius 1 is 1.25 bits per heavy atom. The summed E-state index contributed by atoms with van der Waals surface area (Å²) in [7, 11) is 0. The summed E-state index contributed by atoms with van der Waals surface area (Å²) in [5.74, 6) is 0.548. The van der Waals surface area contributed by atoms with Gasteiger partial charge in [0.1, 0.15) is 0 Å². The van der Waals surface area contributed by atoms with Gasteiger partial charge in [0.05, 0.1) is 17.3 Å². The second kappa shape index (κ2) is 5.58. The quantitative estimate of drug-likeness (QED) is 0.937. The lowest BCUT2D eigenvalue weighted by atomic mass is 10.2. The van der Waals surface area contributed by atoms with Crippen LogP contribution in [0, 0.1) is 0 Å². The van der Waals surface area contributed by atoms with Crippen molar-refractivity contribution in [1.29, 1.82) is 0 Å². The summed E-state index contributed by atoms with van der Waals surface area (Å²) >= 11 is 0. The lowest BCUT2D eigenvalue weighted by Gasteiger charge is -2.12. The second-order valence-corrected chi connectivity index (χ2v) is 4.27. The van der Waals surface area contributed by atoms with E-state index in [-0.39, 0.29) is 6.04 Å². The van der Waals surface area contributed by atoms with Crippen molar-refractivity contribution in [2.24, 2.45) is 0 Å². The number of tetrazole rings is 1. The number of alkyl halides is 3. The van der Waals surface area contributed by atoms with Crippen molar-refractivity contribution in [3.63, 3.8) is 0 Å². The van der Waals surface area contributed by atoms with E-state index in [9.17, 15) is 13.2 Å². The highest BCUT2D eigenvalue weighted by molar-refractivity contribution is 5.35. The van der Waals surface area contributed by atoms with Crippen LogP contribution in [-0.2, 0) is 6.18 Å². The van der Waals surface area contributed by atoms with E-state index in [1.165, 1.54) is 16.8 Å². The molecule has 0 aliphatic rings. The fourth-order valence-corrected chi connectivity index (χ4v) is 1.84. The number of halogens is 3. The molecular weight excluding hydrogens is 271 g/mol. The first-order valence-electron chi connectivity index (χ1n) is 6.12. The maximum atomic E-state index is 12.5. The van der Waals surface area contributed by atoms with E-state index in [0.717, 1.165) is 18.7 Å². The summed E-state index contributed by atoms with van der Waals surface area (Å²) in [6, 6.07) is 4.62. The van der Waals surface area contributed by atoms with Crippen LogP contribution >= 0.6 is 0 Å². The first-order valence-corrected chi connectivity index (χ1v) is 6.12. The largest absolute Gasteiger partial charge is 0.416 e. The molecule has 0 saturated carbocycles. The predicted octanol–water partition coefficient (Wildman–Crippen LogP) is 2.35. The molecule has 0 aliphatic heterocycles. The van der Waals surface area contributed by atoms with Gasteiger partial charge in [0, 0.05) is 0 Å². The smallest absolute Gasteiger partial charge is 0.308 e. The minimum Gasteiger partial charge on any atom is -0.308 e. The van der Waals surface area contributed by atoms with Gasteiger partial charge in [-0.05, 0) is 48.2 Å². The lowest BCUT2D eigenvalue weighted by Crippen LogP contribution is -2.21. The third-order valence-electron chi connectivity index (χ3n) is 2.83. The molecule has 0 amide bonds. The van der Waals surface area contributed by atoms with Crippen molar-refractivity contribution in [1.82, 2.24) is 25.5 Å². The predicted molar refractivity (Wildman–Crippen MR) is 66.2 cm³/mol. The standard InChI is InChI=1S/C12H14F3N5/c1-3-16-8(2)11-17-18-19-20(11)10-6-4-9(5-7-10)12(13,14)15/h4-8,16H,3H2,1-2H3. The molecule has 0 aliphatic carbocycles. The molecule has 0 spiro atoms. The molecule has 5 nitrogen and oxygen atoms in total. The van der Waals surface area contributed by atoms with Gasteiger partial charge in [-0.15, -0.1) is 5.10 Å². The first kappa shape index (κ1) is 14.4. The molecule has 20 heavy (non-hydrogen) atoms. The van der Waals surface area contributed by atoms with E-state index >= 15 is 0 Å². The molecule has 0 saturated heterocycles. The molecule has 0 bridgehead atoms. The van der Waals surface area contributed by atoms with Crippen molar-refractivity contribution in [2.45, 2.75) is 26.1 Å². The van der Waals surface area contributed by atoms with E-state index in [4.69, 9.17) is 0 Å². The van der Waals surface area contributed by atoms with Crippen LogP contribution in [0.2, 0.25) is 0 Å². The van der Waals surface area contributed by atoms with Gasteiger partial charge in [0.2, 0.25) is 0 Å². The van der Waals surface area contributed by atoms with E-state index in [0.29, 0.717) is 11.5 Å². The Bertz CT molecular complexity index is 561. The Morgan fingerprint density at radius 3 is 2.45 bits per heavy atom. The number of hydrogen-bond donors (Lipinski definition) is 1. The molecule has 1 atom stereocenters. The van der Waals surface area contributed by atoms with Crippen LogP contribution in [0.15, 0.2) is 24.3 Å². The van der Waals surface area contributed by atoms with E-state index < -0.39 is 11.7 Å². The average molecular weight is 285 g/mol. The maximum Gasteiger partial charge on any atom is 0.416 e. The fourth-order valence-electron chi connectivity index (χ4n) is 1.84. The van der Waals surface area contributed by atoms with Crippen LogP contribution in [0.4, 0.5) is 13.2 Å². The number of aromatic nitrogens is 4. The van der Waals surface area contributed by atoms with Gasteiger partial charge in [0.25, 0.3) is 0 Å². The number of rotatable bonds is 4. The molecule has 2 aromatic rings. The molecule has 108 valence electrons. The highest BCUT2D eigenvalue weighted by atomic mass is 19.4. The third-order valence-corrected chi connectivity index (χ3v) is 2.83. The summed E-state index contributed by atoms with van der Waals surface area (Å²) < 4.78 is 39.0. The molecule has 1 N–H and O–H groups in total. The van der Waals surface area contributed by atoms with Crippen LogP contribution in [0.5, 0.6) is 0 Å². The Morgan fingerprint density at radius 2 is 1.90 bits per heavy atom. The Kier molecular flexibility index (Phi) is 4.03. The average Bonchev–Trinajstić information content (AvgIpc) is 2.87. The molecule has 1 aromatic heterocycles. The highest BCUT2D eigenvalue weighted by Gasteiger charge is 2.30. The molecule has 1 unspecified atom stereocenters. The summed E-state index contributed by atoms with van der Waals surface area (Å²) in [6.45, 7) is 4.57. The fraction of sp³-hybridized carbons (Fsp3) is 0.417. The van der Waals surface area contributed by atoms with Crippen LogP contribution in [-0.4, -0.2) is 26.8 Å². The van der Waals surface area contributed by atoms with Gasteiger partial charge in [-0.1, -0.05) is 6.92 Å². The summed E-state index contributed by atoms with van der Waals surface area (Å²) in [5.41, 5.74) is -0.210. The van der Waals surface area contributed by atoms with Crippen LogP contribution in [0.25, 0.3) is 5.69 Å². The van der Waals surface area contributed by atoms with E-state index in [1.807, 2.05) is 13.8 Å². The number of hydrogen-bond acceptors (Lipinski definition) is 4. The number of nitrogens with one attached hydrogen (secondary N) is 1. The lowest BCUT2D eigenvalue weighted by molar-refractivity contribution is -0.137. The van der Waals surface area contributed by atoms with Crippen molar-refractivity contribution in [2.75, 3.05) is 6.54 Å². The maximum absolute atomic E-state index is 12.5. The Balaban J connectivity index is 2.31. The minimum atomic E-state index is -4.35. The summed E-state index contributed by atoms with van der Waals surface area (Å²) in [4.78, 5) is 0. The normalized spacial score (nSPS) is 13.4. The molecule has 2 rings (SSSR count). The molecule has 1 aromatic carbocycles. The van der Waals surface area contributed by atoms with Crippen LogP contribution in [0.3, 0.4) is 0 Å². The van der Waals surface area contributed by atoms with Crippen molar-refractivity contribution < 1.29 is 13.2 Å². The molecule has 8 heteroatoms. The van der Waals surface area contributed by atoms with E-state index in [1.54, 1.807) is 0 Å². The zero-order chi connectivity index (χ0) is 14.8. The van der Waals surface area contributed by atoms with Crippen LogP contribution < -0.4 is 5.32 Å². The number of nitrogens with zero attached hydrogens (tertiary/aromatic N) is 4. The SMILES string of the molecule is CCNC(C)c1nnnn1-c1ccc(C(F)(F)F)cc1. The van der Waals surface area contributed by atoms with Crippen molar-refractivity contribution in [3.8, 4) is 5.69 Å². The van der Waals surface area contributed by atoms with Crippen molar-refractivity contribution in [3.05, 3.63) is 35.7 Å². The first-order chi connectivity index (χ1) is 9.43. The number of benzene rings is 1. The summed E-state index contributed by atoms with van der Waals surface area (Å²) in [5, 5.41) is 14.4. The molecule has 0 fully saturated rings. The third kappa shape index (κ3) is 2.96. The molecule has 0 radical (unpaired) electrons. The second-order valence-electron chi connectivity index (χ2n) is 4.27. The summed E-state index contributed by atoms with van der Waals surface area (Å²) in [6.07, 6.45) is -4.35. The van der Waals surface area contributed by atoms with Gasteiger partial charge in [0.15, 0.2) is 5.82 Å². The van der Waals surface area contributed by atoms with Gasteiger partial charge >= 0.3 is 6.18 Å². The molecule has 1 heterocycles. The zero-order valence-corrected chi connectivity index (χ0v) is 11.0. The van der Waals surface area contributed by atoms with Gasteiger partial charge < -0.3 is 5.32 Å². The monoisotopic (exact) mass is 285 g/mol. The Labute approximate surface area is 113 Å². The van der Waals surface area contributed by atoms with E-state index in [2.05, 4.69) is 20.8 Å². The molecular formula is C12H14F3N5. The highest BCUT2D eigenvalue weighted by Crippen LogP contribution is 2.29. The van der Waals surface area contributed by atoms with Gasteiger partial charge in [-0.3, -0.25) is 0 Å².